The quantitative estimate of drug-likeness (QED) is 0.650. The van der Waals surface area contributed by atoms with Crippen LogP contribution in [-0.4, -0.2) is 25.5 Å². The van der Waals surface area contributed by atoms with E-state index in [0.29, 0.717) is 5.69 Å². The zero-order chi connectivity index (χ0) is 15.0. The molecule has 2 aromatic rings. The first kappa shape index (κ1) is 13.8. The normalized spacial score (nSPS) is 18.2. The lowest BCUT2D eigenvalue weighted by Gasteiger charge is -2.11. The molecule has 2 atom stereocenters. The average molecular weight is 305 g/mol. The van der Waals surface area contributed by atoms with E-state index in [0.717, 1.165) is 22.5 Å². The minimum atomic E-state index is -1.91. The number of nitrogens with one attached hydrogen (secondary N) is 3. The van der Waals surface area contributed by atoms with Crippen LogP contribution in [0.15, 0.2) is 30.5 Å². The number of anilines is 2. The summed E-state index contributed by atoms with van der Waals surface area (Å²) in [7, 11) is 0. The van der Waals surface area contributed by atoms with Gasteiger partial charge in [-0.1, -0.05) is 0 Å². The Hall–Kier alpha value is -2.12. The number of aryl methyl sites for hydroxylation is 1. The van der Waals surface area contributed by atoms with Crippen LogP contribution < -0.4 is 10.6 Å². The number of rotatable bonds is 4. The number of hydrogen-bond acceptors (Lipinski definition) is 3. The number of hydrogen-bond donors (Lipinski definition) is 4. The smallest absolute Gasteiger partial charge is 0.236 e. The highest BCUT2D eigenvalue weighted by Crippen LogP contribution is 2.39. The van der Waals surface area contributed by atoms with Crippen LogP contribution in [0.25, 0.3) is 0 Å². The van der Waals surface area contributed by atoms with E-state index >= 15 is 0 Å². The van der Waals surface area contributed by atoms with E-state index < -0.39 is 11.1 Å². The Balaban J connectivity index is 1.97. The Labute approximate surface area is 124 Å². The molecule has 4 N–H and O–H groups in total. The van der Waals surface area contributed by atoms with Crippen LogP contribution in [0.1, 0.15) is 22.7 Å². The molecule has 2 unspecified atom stereocenters. The van der Waals surface area contributed by atoms with E-state index in [1.165, 1.54) is 0 Å². The molecule has 1 aliphatic heterocycles. The van der Waals surface area contributed by atoms with Gasteiger partial charge in [-0.2, -0.15) is 0 Å². The number of benzene rings is 1. The van der Waals surface area contributed by atoms with E-state index in [1.54, 1.807) is 12.1 Å². The summed E-state index contributed by atoms with van der Waals surface area (Å²) in [4.78, 5) is 15.3. The molecule has 2 heterocycles. The first-order valence-corrected chi connectivity index (χ1v) is 7.74. The molecule has 110 valence electrons. The molecule has 0 saturated heterocycles. The van der Waals surface area contributed by atoms with Gasteiger partial charge in [0.15, 0.2) is 11.1 Å². The van der Waals surface area contributed by atoms with E-state index in [2.05, 4.69) is 15.6 Å². The summed E-state index contributed by atoms with van der Waals surface area (Å²) in [5, 5.41) is 5.74. The van der Waals surface area contributed by atoms with Gasteiger partial charge in [-0.3, -0.25) is 4.79 Å². The number of carbonyl (C=O) groups excluding carboxylic acids is 1. The van der Waals surface area contributed by atoms with E-state index in [4.69, 9.17) is 4.55 Å². The van der Waals surface area contributed by atoms with Crippen LogP contribution in [0, 0.1) is 6.92 Å². The van der Waals surface area contributed by atoms with Crippen LogP contribution in [0.2, 0.25) is 0 Å². The Morgan fingerprint density at radius 1 is 1.33 bits per heavy atom. The zero-order valence-corrected chi connectivity index (χ0v) is 12.2. The minimum Gasteiger partial charge on any atom is -0.372 e. The number of aromatic amines is 1. The van der Waals surface area contributed by atoms with Crippen molar-refractivity contribution in [1.29, 1.82) is 0 Å². The fraction of sp³-hybridized carbons (Fsp3) is 0.214. The molecule has 21 heavy (non-hydrogen) atoms. The maximum absolute atomic E-state index is 12.2. The SMILES string of the molecule is Cc1[nH]ccc1C1C(=O)Nc2ccc(NCS(=O)O)cc21. The summed E-state index contributed by atoms with van der Waals surface area (Å²) < 4.78 is 19.6. The van der Waals surface area contributed by atoms with Crippen molar-refractivity contribution in [2.75, 3.05) is 16.5 Å². The maximum atomic E-state index is 12.2. The third-order valence-corrected chi connectivity index (χ3v) is 3.98. The molecule has 1 amide bonds. The second-order valence-corrected chi connectivity index (χ2v) is 5.86. The summed E-state index contributed by atoms with van der Waals surface area (Å²) in [6.07, 6.45) is 1.81. The predicted molar refractivity (Wildman–Crippen MR) is 81.7 cm³/mol. The summed E-state index contributed by atoms with van der Waals surface area (Å²) >= 11 is -1.91. The van der Waals surface area contributed by atoms with Crippen molar-refractivity contribution in [2.45, 2.75) is 12.8 Å². The van der Waals surface area contributed by atoms with Gasteiger partial charge in [-0.15, -0.1) is 0 Å². The van der Waals surface area contributed by atoms with Crippen LogP contribution in [-0.2, 0) is 15.9 Å². The largest absolute Gasteiger partial charge is 0.372 e. The van der Waals surface area contributed by atoms with Crippen molar-refractivity contribution in [1.82, 2.24) is 4.98 Å². The van der Waals surface area contributed by atoms with Crippen molar-refractivity contribution in [3.05, 3.63) is 47.3 Å². The predicted octanol–water partition coefficient (Wildman–Crippen LogP) is 2.00. The summed E-state index contributed by atoms with van der Waals surface area (Å²) in [5.74, 6) is -0.461. The Kier molecular flexibility index (Phi) is 3.52. The maximum Gasteiger partial charge on any atom is 0.236 e. The molecular weight excluding hydrogens is 290 g/mol. The van der Waals surface area contributed by atoms with E-state index in [1.807, 2.05) is 25.3 Å². The van der Waals surface area contributed by atoms with Gasteiger partial charge in [-0.25, -0.2) is 4.21 Å². The highest BCUT2D eigenvalue weighted by molar-refractivity contribution is 7.79. The lowest BCUT2D eigenvalue weighted by atomic mass is 9.92. The minimum absolute atomic E-state index is 0.0476. The first-order chi connectivity index (χ1) is 10.1. The van der Waals surface area contributed by atoms with Crippen LogP contribution in [0.4, 0.5) is 11.4 Å². The van der Waals surface area contributed by atoms with Crippen LogP contribution in [0.5, 0.6) is 0 Å². The van der Waals surface area contributed by atoms with Gasteiger partial charge < -0.3 is 20.2 Å². The van der Waals surface area contributed by atoms with Crippen LogP contribution in [0.3, 0.4) is 0 Å². The number of amides is 1. The third-order valence-electron chi connectivity index (χ3n) is 3.59. The molecule has 0 fully saturated rings. The lowest BCUT2D eigenvalue weighted by molar-refractivity contribution is -0.116. The van der Waals surface area contributed by atoms with E-state index in [9.17, 15) is 9.00 Å². The molecule has 0 aliphatic carbocycles. The molecule has 1 aromatic carbocycles. The van der Waals surface area contributed by atoms with Gasteiger partial charge in [0.25, 0.3) is 0 Å². The lowest BCUT2D eigenvalue weighted by Crippen LogP contribution is -2.13. The number of carbonyl (C=O) groups is 1. The summed E-state index contributed by atoms with van der Waals surface area (Å²) in [6, 6.07) is 7.32. The van der Waals surface area contributed by atoms with Gasteiger partial charge in [0.2, 0.25) is 5.91 Å². The second-order valence-electron chi connectivity index (χ2n) is 4.92. The molecule has 0 spiro atoms. The monoisotopic (exact) mass is 305 g/mol. The molecule has 6 nitrogen and oxygen atoms in total. The first-order valence-electron chi connectivity index (χ1n) is 6.46. The van der Waals surface area contributed by atoms with Gasteiger partial charge >= 0.3 is 0 Å². The van der Waals surface area contributed by atoms with Gasteiger partial charge in [-0.05, 0) is 42.3 Å². The van der Waals surface area contributed by atoms with Crippen molar-refractivity contribution in [2.24, 2.45) is 0 Å². The number of H-pyrrole nitrogens is 1. The number of aromatic nitrogens is 1. The van der Waals surface area contributed by atoms with Gasteiger partial charge in [0, 0.05) is 23.3 Å². The Morgan fingerprint density at radius 3 is 2.81 bits per heavy atom. The molecule has 1 aromatic heterocycles. The molecule has 1 aliphatic rings. The standard InChI is InChI=1S/C14H15N3O3S/c1-8-10(4-5-15-8)13-11-6-9(16-7-21(19)20)2-3-12(11)17-14(13)18/h2-6,13,15-16H,7H2,1H3,(H,17,18)(H,19,20). The fourth-order valence-corrected chi connectivity index (χ4v) is 2.89. The molecule has 0 radical (unpaired) electrons. The van der Waals surface area contributed by atoms with E-state index in [-0.39, 0.29) is 17.7 Å². The van der Waals surface area contributed by atoms with Gasteiger partial charge in [0.1, 0.15) is 5.88 Å². The Bertz CT molecular complexity index is 726. The topological polar surface area (TPSA) is 94.2 Å². The average Bonchev–Trinajstić information content (AvgIpc) is 2.98. The number of fused-ring (bicyclic) bond motifs is 1. The van der Waals surface area contributed by atoms with Crippen molar-refractivity contribution in [3.8, 4) is 0 Å². The molecule has 0 bridgehead atoms. The third kappa shape index (κ3) is 2.57. The van der Waals surface area contributed by atoms with Crippen molar-refractivity contribution >= 4 is 28.4 Å². The van der Waals surface area contributed by atoms with Crippen molar-refractivity contribution < 1.29 is 13.6 Å². The highest BCUT2D eigenvalue weighted by atomic mass is 32.2. The Morgan fingerprint density at radius 2 is 2.14 bits per heavy atom. The highest BCUT2D eigenvalue weighted by Gasteiger charge is 2.33. The summed E-state index contributed by atoms with van der Waals surface area (Å²) in [5.41, 5.74) is 4.26. The molecule has 0 saturated carbocycles. The second kappa shape index (κ2) is 5.34. The molecular formula is C14H15N3O3S. The summed E-state index contributed by atoms with van der Waals surface area (Å²) in [6.45, 7) is 1.93. The molecule has 7 heteroatoms. The molecule has 3 rings (SSSR count). The van der Waals surface area contributed by atoms with Gasteiger partial charge in [0.05, 0.1) is 5.92 Å². The fourth-order valence-electron chi connectivity index (χ4n) is 2.60. The van der Waals surface area contributed by atoms with Crippen LogP contribution >= 0.6 is 0 Å². The van der Waals surface area contributed by atoms with Crippen molar-refractivity contribution in [3.63, 3.8) is 0 Å². The zero-order valence-electron chi connectivity index (χ0n) is 11.3.